The van der Waals surface area contributed by atoms with Crippen LogP contribution in [0.1, 0.15) is 51.4 Å². The molecule has 0 bridgehead atoms. The highest BCUT2D eigenvalue weighted by molar-refractivity contribution is 5.89. The Balaban J connectivity index is 1.62. The molecule has 0 spiro atoms. The van der Waals surface area contributed by atoms with Crippen LogP contribution in [-0.4, -0.2) is 22.5 Å². The van der Waals surface area contributed by atoms with Gasteiger partial charge in [-0.25, -0.2) is 4.79 Å². The second-order valence-corrected chi connectivity index (χ2v) is 6.28. The molecule has 0 aromatic heterocycles. The van der Waals surface area contributed by atoms with Gasteiger partial charge in [0.25, 0.3) is 0 Å². The Morgan fingerprint density at radius 3 is 2.33 bits per heavy atom. The van der Waals surface area contributed by atoms with Crippen LogP contribution in [0.15, 0.2) is 0 Å². The average molecular weight is 251 g/mol. The molecule has 0 radical (unpaired) electrons. The van der Waals surface area contributed by atoms with Crippen LogP contribution in [0.4, 0.5) is 0 Å². The molecule has 4 heteroatoms. The van der Waals surface area contributed by atoms with Crippen molar-refractivity contribution in [3.63, 3.8) is 0 Å². The first-order valence-corrected chi connectivity index (χ1v) is 7.18. The van der Waals surface area contributed by atoms with E-state index in [-0.39, 0.29) is 11.8 Å². The first-order chi connectivity index (χ1) is 8.62. The zero-order valence-corrected chi connectivity index (χ0v) is 10.7. The quantitative estimate of drug-likeness (QED) is 0.802. The van der Waals surface area contributed by atoms with Crippen molar-refractivity contribution in [3.8, 4) is 0 Å². The third-order valence-corrected chi connectivity index (χ3v) is 4.88. The second-order valence-electron chi connectivity index (χ2n) is 6.28. The number of carboxylic acid groups (broad SMARTS) is 1. The normalized spacial score (nSPS) is 33.8. The fraction of sp³-hybridized carbons (Fsp3) is 0.857. The van der Waals surface area contributed by atoms with Gasteiger partial charge in [0.15, 0.2) is 0 Å². The van der Waals surface area contributed by atoms with E-state index >= 15 is 0 Å². The minimum atomic E-state index is -0.966. The van der Waals surface area contributed by atoms with Crippen LogP contribution in [0.25, 0.3) is 0 Å². The Bertz CT molecular complexity index is 369. The van der Waals surface area contributed by atoms with Crippen molar-refractivity contribution >= 4 is 11.9 Å². The fourth-order valence-electron chi connectivity index (χ4n) is 3.44. The van der Waals surface area contributed by atoms with Gasteiger partial charge in [-0.1, -0.05) is 19.3 Å². The number of hydrogen-bond acceptors (Lipinski definition) is 2. The SMILES string of the molecule is O=C(NC1(C(=O)O)CCCCC1)C1CC1C1CC1. The molecule has 4 nitrogen and oxygen atoms in total. The van der Waals surface area contributed by atoms with E-state index in [0.29, 0.717) is 18.8 Å². The Morgan fingerprint density at radius 1 is 1.11 bits per heavy atom. The van der Waals surface area contributed by atoms with Crippen LogP contribution in [0.3, 0.4) is 0 Å². The van der Waals surface area contributed by atoms with Crippen molar-refractivity contribution < 1.29 is 14.7 Å². The van der Waals surface area contributed by atoms with Crippen molar-refractivity contribution in [3.05, 3.63) is 0 Å². The molecule has 0 aromatic carbocycles. The molecule has 0 heterocycles. The van der Waals surface area contributed by atoms with Gasteiger partial charge in [0.05, 0.1) is 0 Å². The summed E-state index contributed by atoms with van der Waals surface area (Å²) in [4.78, 5) is 23.6. The van der Waals surface area contributed by atoms with Crippen molar-refractivity contribution in [1.82, 2.24) is 5.32 Å². The Kier molecular flexibility index (Phi) is 2.83. The standard InChI is InChI=1S/C14H21NO3/c16-12(11-8-10(11)9-4-5-9)15-14(13(17)18)6-2-1-3-7-14/h9-11H,1-8H2,(H,15,16)(H,17,18). The predicted molar refractivity (Wildman–Crippen MR) is 65.9 cm³/mol. The lowest BCUT2D eigenvalue weighted by Crippen LogP contribution is -2.56. The molecule has 3 aliphatic carbocycles. The molecular weight excluding hydrogens is 230 g/mol. The largest absolute Gasteiger partial charge is 0.480 e. The summed E-state index contributed by atoms with van der Waals surface area (Å²) in [5, 5.41) is 12.3. The summed E-state index contributed by atoms with van der Waals surface area (Å²) in [6, 6.07) is 0. The van der Waals surface area contributed by atoms with Crippen LogP contribution >= 0.6 is 0 Å². The van der Waals surface area contributed by atoms with Gasteiger partial charge in [-0.15, -0.1) is 0 Å². The van der Waals surface area contributed by atoms with E-state index in [1.165, 1.54) is 12.8 Å². The lowest BCUT2D eigenvalue weighted by atomic mass is 9.81. The minimum absolute atomic E-state index is 0.00352. The van der Waals surface area contributed by atoms with Gasteiger partial charge in [0.1, 0.15) is 5.54 Å². The van der Waals surface area contributed by atoms with E-state index in [9.17, 15) is 14.7 Å². The monoisotopic (exact) mass is 251 g/mol. The highest BCUT2D eigenvalue weighted by Gasteiger charge is 2.53. The summed E-state index contributed by atoms with van der Waals surface area (Å²) >= 11 is 0. The zero-order valence-electron chi connectivity index (χ0n) is 10.7. The van der Waals surface area contributed by atoms with E-state index in [2.05, 4.69) is 5.32 Å². The summed E-state index contributed by atoms with van der Waals surface area (Å²) in [5.41, 5.74) is -0.966. The summed E-state index contributed by atoms with van der Waals surface area (Å²) in [6.45, 7) is 0. The maximum absolute atomic E-state index is 12.2. The molecule has 2 unspecified atom stereocenters. The van der Waals surface area contributed by atoms with Gasteiger partial charge in [-0.2, -0.15) is 0 Å². The molecule has 0 saturated heterocycles. The summed E-state index contributed by atoms with van der Waals surface area (Å²) in [7, 11) is 0. The lowest BCUT2D eigenvalue weighted by molar-refractivity contribution is -0.149. The highest BCUT2D eigenvalue weighted by atomic mass is 16.4. The minimum Gasteiger partial charge on any atom is -0.480 e. The number of carbonyl (C=O) groups excluding carboxylic acids is 1. The molecule has 3 fully saturated rings. The van der Waals surface area contributed by atoms with Gasteiger partial charge >= 0.3 is 5.97 Å². The number of aliphatic carboxylic acids is 1. The van der Waals surface area contributed by atoms with E-state index in [1.54, 1.807) is 0 Å². The number of hydrogen-bond donors (Lipinski definition) is 2. The predicted octanol–water partition coefficient (Wildman–Crippen LogP) is 1.94. The molecule has 0 aliphatic heterocycles. The van der Waals surface area contributed by atoms with E-state index in [0.717, 1.165) is 31.6 Å². The molecule has 3 aliphatic rings. The summed E-state index contributed by atoms with van der Waals surface area (Å²) < 4.78 is 0. The maximum Gasteiger partial charge on any atom is 0.329 e. The van der Waals surface area contributed by atoms with Crippen LogP contribution in [0.2, 0.25) is 0 Å². The first-order valence-electron chi connectivity index (χ1n) is 7.18. The molecule has 0 aromatic rings. The molecular formula is C14H21NO3. The average Bonchev–Trinajstić information content (AvgIpc) is 3.20. The van der Waals surface area contributed by atoms with Crippen molar-refractivity contribution in [2.75, 3.05) is 0 Å². The van der Waals surface area contributed by atoms with Gasteiger partial charge < -0.3 is 10.4 Å². The summed E-state index contributed by atoms with van der Waals surface area (Å²) in [6.07, 6.45) is 7.58. The van der Waals surface area contributed by atoms with Gasteiger partial charge in [-0.3, -0.25) is 4.79 Å². The number of nitrogens with one attached hydrogen (secondary N) is 1. The third kappa shape index (κ3) is 2.13. The highest BCUT2D eigenvalue weighted by Crippen LogP contribution is 2.54. The molecule has 1 amide bonds. The van der Waals surface area contributed by atoms with Crippen LogP contribution < -0.4 is 5.32 Å². The number of carboxylic acids is 1. The van der Waals surface area contributed by atoms with Crippen LogP contribution in [0, 0.1) is 17.8 Å². The van der Waals surface area contributed by atoms with Gasteiger partial charge in [-0.05, 0) is 43.9 Å². The number of rotatable bonds is 4. The summed E-state index contributed by atoms with van der Waals surface area (Å²) in [5.74, 6) is 0.568. The molecule has 2 N–H and O–H groups in total. The van der Waals surface area contributed by atoms with Crippen LogP contribution in [0.5, 0.6) is 0 Å². The topological polar surface area (TPSA) is 66.4 Å². The van der Waals surface area contributed by atoms with E-state index < -0.39 is 11.5 Å². The van der Waals surface area contributed by atoms with Crippen LogP contribution in [-0.2, 0) is 9.59 Å². The second kappa shape index (κ2) is 4.25. The maximum atomic E-state index is 12.2. The van der Waals surface area contributed by atoms with Crippen molar-refractivity contribution in [2.24, 2.45) is 17.8 Å². The molecule has 2 atom stereocenters. The number of carbonyl (C=O) groups is 2. The van der Waals surface area contributed by atoms with Gasteiger partial charge in [0.2, 0.25) is 5.91 Å². The molecule has 3 rings (SSSR count). The lowest BCUT2D eigenvalue weighted by Gasteiger charge is -2.34. The zero-order chi connectivity index (χ0) is 12.8. The Morgan fingerprint density at radius 2 is 1.78 bits per heavy atom. The number of amides is 1. The molecule has 100 valence electrons. The van der Waals surface area contributed by atoms with Crippen molar-refractivity contribution in [1.29, 1.82) is 0 Å². The molecule has 18 heavy (non-hydrogen) atoms. The smallest absolute Gasteiger partial charge is 0.329 e. The Labute approximate surface area is 107 Å². The van der Waals surface area contributed by atoms with E-state index in [4.69, 9.17) is 0 Å². The molecule has 3 saturated carbocycles. The van der Waals surface area contributed by atoms with Crippen molar-refractivity contribution in [2.45, 2.75) is 56.9 Å². The fourth-order valence-corrected chi connectivity index (χ4v) is 3.44. The third-order valence-electron chi connectivity index (χ3n) is 4.88. The Hall–Kier alpha value is -1.06. The van der Waals surface area contributed by atoms with Gasteiger partial charge in [0, 0.05) is 5.92 Å². The van der Waals surface area contributed by atoms with E-state index in [1.807, 2.05) is 0 Å². The first kappa shape index (κ1) is 12.0.